The lowest BCUT2D eigenvalue weighted by Gasteiger charge is -2.18. The number of carbonyl (C=O) groups is 2. The summed E-state index contributed by atoms with van der Waals surface area (Å²) < 4.78 is 41.7. The fourth-order valence-corrected chi connectivity index (χ4v) is 4.87. The number of esters is 2. The highest BCUT2D eigenvalue weighted by atomic mass is 32.2. The van der Waals surface area contributed by atoms with Crippen molar-refractivity contribution >= 4 is 39.0 Å². The van der Waals surface area contributed by atoms with Crippen LogP contribution in [0, 0.1) is 0 Å². The molecule has 0 saturated heterocycles. The number of benzene rings is 2. The molecule has 0 aliphatic rings. The molecule has 10 heteroatoms. The second kappa shape index (κ2) is 9.63. The molecule has 1 aromatic heterocycles. The van der Waals surface area contributed by atoms with Crippen LogP contribution < -0.4 is 13.8 Å². The Morgan fingerprint density at radius 1 is 0.968 bits per heavy atom. The van der Waals surface area contributed by atoms with E-state index in [1.807, 2.05) is 0 Å². The van der Waals surface area contributed by atoms with Crippen LogP contribution in [0.15, 0.2) is 70.3 Å². The maximum absolute atomic E-state index is 12.6. The van der Waals surface area contributed by atoms with Gasteiger partial charge < -0.3 is 14.2 Å². The monoisotopic (exact) mass is 461 g/mol. The highest BCUT2D eigenvalue weighted by molar-refractivity contribution is 7.94. The summed E-state index contributed by atoms with van der Waals surface area (Å²) >= 11 is 1.14. The highest BCUT2D eigenvalue weighted by Crippen LogP contribution is 2.26. The Bertz CT molecular complexity index is 1140. The van der Waals surface area contributed by atoms with Gasteiger partial charge in [0.25, 0.3) is 10.0 Å². The second-order valence-corrected chi connectivity index (χ2v) is 9.32. The third-order valence-electron chi connectivity index (χ3n) is 4.17. The van der Waals surface area contributed by atoms with Crippen molar-refractivity contribution in [1.29, 1.82) is 0 Å². The molecule has 8 nitrogen and oxygen atoms in total. The van der Waals surface area contributed by atoms with Crippen molar-refractivity contribution in [3.63, 3.8) is 0 Å². The number of nitrogens with zero attached hydrogens (tertiary/aromatic N) is 1. The van der Waals surface area contributed by atoms with Crippen LogP contribution in [0.1, 0.15) is 10.4 Å². The van der Waals surface area contributed by atoms with Crippen molar-refractivity contribution in [2.24, 2.45) is 0 Å². The first kappa shape index (κ1) is 22.3. The first-order valence-electron chi connectivity index (χ1n) is 8.95. The summed E-state index contributed by atoms with van der Waals surface area (Å²) in [6.07, 6.45) is 0. The fourth-order valence-electron chi connectivity index (χ4n) is 2.52. The predicted molar refractivity (Wildman–Crippen MR) is 115 cm³/mol. The average molecular weight is 462 g/mol. The van der Waals surface area contributed by atoms with E-state index in [1.165, 1.54) is 42.7 Å². The number of thiophene rings is 1. The van der Waals surface area contributed by atoms with Gasteiger partial charge in [-0.15, -0.1) is 11.3 Å². The summed E-state index contributed by atoms with van der Waals surface area (Å²) in [4.78, 5) is 23.4. The van der Waals surface area contributed by atoms with Crippen LogP contribution in [-0.2, 0) is 19.6 Å². The number of carbonyl (C=O) groups excluding carboxylic acids is 2. The molecule has 3 rings (SSSR count). The van der Waals surface area contributed by atoms with Crippen LogP contribution in [0.25, 0.3) is 0 Å². The number of methoxy groups -OCH3 is 1. The smallest absolute Gasteiger partial charge is 0.349 e. The number of anilines is 1. The molecule has 31 heavy (non-hydrogen) atoms. The molecule has 3 aromatic rings. The molecular weight excluding hydrogens is 442 g/mol. The second-order valence-electron chi connectivity index (χ2n) is 6.18. The first-order chi connectivity index (χ1) is 14.8. The molecule has 0 unspecified atom stereocenters. The summed E-state index contributed by atoms with van der Waals surface area (Å²) in [5.41, 5.74) is 0.790. The zero-order chi connectivity index (χ0) is 22.4. The molecule has 0 amide bonds. The normalized spacial score (nSPS) is 10.9. The molecule has 2 aromatic carbocycles. The molecule has 162 valence electrons. The van der Waals surface area contributed by atoms with Gasteiger partial charge >= 0.3 is 11.9 Å². The van der Waals surface area contributed by atoms with Gasteiger partial charge in [-0.3, -0.25) is 4.31 Å². The van der Waals surface area contributed by atoms with Gasteiger partial charge in [-0.25, -0.2) is 18.0 Å². The SMILES string of the molecule is COC(=O)c1ccc(OC(=O)COc2ccc(N(C)S(=O)(=O)c3cccs3)cc2)cc1. The van der Waals surface area contributed by atoms with Crippen molar-refractivity contribution < 1.29 is 32.2 Å². The minimum Gasteiger partial charge on any atom is -0.482 e. The number of ether oxygens (including phenoxy) is 3. The van der Waals surface area contributed by atoms with Crippen LogP contribution >= 0.6 is 11.3 Å². The lowest BCUT2D eigenvalue weighted by Crippen LogP contribution is -2.25. The van der Waals surface area contributed by atoms with Crippen LogP contribution in [-0.4, -0.2) is 41.1 Å². The Kier molecular flexibility index (Phi) is 6.93. The third-order valence-corrected chi connectivity index (χ3v) is 7.33. The van der Waals surface area contributed by atoms with E-state index in [0.717, 1.165) is 11.3 Å². The fraction of sp³-hybridized carbons (Fsp3) is 0.143. The summed E-state index contributed by atoms with van der Waals surface area (Å²) in [7, 11) is -0.880. The van der Waals surface area contributed by atoms with E-state index < -0.39 is 22.0 Å². The Balaban J connectivity index is 1.55. The van der Waals surface area contributed by atoms with Gasteiger partial charge in [-0.05, 0) is 60.0 Å². The lowest BCUT2D eigenvalue weighted by molar-refractivity contribution is -0.136. The Morgan fingerprint density at radius 3 is 2.19 bits per heavy atom. The summed E-state index contributed by atoms with van der Waals surface area (Å²) in [6, 6.07) is 15.4. The molecule has 0 fully saturated rings. The quantitative estimate of drug-likeness (QED) is 0.375. The maximum Gasteiger partial charge on any atom is 0.349 e. The number of rotatable bonds is 8. The standard InChI is InChI=1S/C21H19NO7S2/c1-22(31(25,26)20-4-3-13-30-20)16-7-11-17(12-8-16)28-14-19(23)29-18-9-5-15(6-10-18)21(24)27-2/h3-13H,14H2,1-2H3. The lowest BCUT2D eigenvalue weighted by atomic mass is 10.2. The van der Waals surface area contributed by atoms with E-state index in [2.05, 4.69) is 4.74 Å². The van der Waals surface area contributed by atoms with Crippen molar-refractivity contribution in [3.05, 3.63) is 71.6 Å². The van der Waals surface area contributed by atoms with Crippen molar-refractivity contribution in [3.8, 4) is 11.5 Å². The number of sulfonamides is 1. The minimum atomic E-state index is -3.62. The van der Waals surface area contributed by atoms with E-state index in [-0.39, 0.29) is 16.6 Å². The van der Waals surface area contributed by atoms with Crippen molar-refractivity contribution in [2.75, 3.05) is 25.1 Å². The van der Waals surface area contributed by atoms with E-state index in [9.17, 15) is 18.0 Å². The maximum atomic E-state index is 12.6. The van der Waals surface area contributed by atoms with Crippen LogP contribution in [0.4, 0.5) is 5.69 Å². The number of hydrogen-bond donors (Lipinski definition) is 0. The van der Waals surface area contributed by atoms with E-state index in [0.29, 0.717) is 17.0 Å². The molecule has 0 atom stereocenters. The van der Waals surface area contributed by atoms with Crippen LogP contribution in [0.3, 0.4) is 0 Å². The summed E-state index contributed by atoms with van der Waals surface area (Å²) in [6.45, 7) is -0.346. The largest absolute Gasteiger partial charge is 0.482 e. The van der Waals surface area contributed by atoms with E-state index in [1.54, 1.807) is 41.8 Å². The van der Waals surface area contributed by atoms with Gasteiger partial charge in [-0.1, -0.05) is 6.07 Å². The molecule has 0 radical (unpaired) electrons. The molecule has 0 aliphatic carbocycles. The van der Waals surface area contributed by atoms with Gasteiger partial charge in [0.05, 0.1) is 18.4 Å². The van der Waals surface area contributed by atoms with E-state index in [4.69, 9.17) is 9.47 Å². The Hall–Kier alpha value is -3.37. The van der Waals surface area contributed by atoms with Gasteiger partial charge in [-0.2, -0.15) is 0 Å². The third kappa shape index (κ3) is 5.41. The van der Waals surface area contributed by atoms with Crippen molar-refractivity contribution in [2.45, 2.75) is 4.21 Å². The molecule has 0 spiro atoms. The molecular formula is C21H19NO7S2. The van der Waals surface area contributed by atoms with Crippen LogP contribution in [0.2, 0.25) is 0 Å². The van der Waals surface area contributed by atoms with Gasteiger partial charge in [0.2, 0.25) is 0 Å². The number of hydrogen-bond acceptors (Lipinski definition) is 8. The zero-order valence-corrected chi connectivity index (χ0v) is 18.3. The first-order valence-corrected chi connectivity index (χ1v) is 11.3. The molecule has 1 heterocycles. The highest BCUT2D eigenvalue weighted by Gasteiger charge is 2.22. The van der Waals surface area contributed by atoms with Gasteiger partial charge in [0.1, 0.15) is 15.7 Å². The van der Waals surface area contributed by atoms with E-state index >= 15 is 0 Å². The molecule has 0 N–H and O–H groups in total. The Morgan fingerprint density at radius 2 is 1.61 bits per heavy atom. The summed E-state index contributed by atoms with van der Waals surface area (Å²) in [5, 5.41) is 1.70. The summed E-state index contributed by atoms with van der Waals surface area (Å²) in [5.74, 6) is -0.480. The van der Waals surface area contributed by atoms with Crippen LogP contribution in [0.5, 0.6) is 11.5 Å². The molecule has 0 bridgehead atoms. The Labute approximate surface area is 183 Å². The topological polar surface area (TPSA) is 99.2 Å². The zero-order valence-electron chi connectivity index (χ0n) is 16.7. The van der Waals surface area contributed by atoms with Gasteiger partial charge in [0, 0.05) is 7.05 Å². The average Bonchev–Trinajstić information content (AvgIpc) is 3.33. The predicted octanol–water partition coefficient (Wildman–Crippen LogP) is 3.34. The molecule has 0 aliphatic heterocycles. The molecule has 0 saturated carbocycles. The minimum absolute atomic E-state index is 0.248. The van der Waals surface area contributed by atoms with Crippen molar-refractivity contribution in [1.82, 2.24) is 0 Å². The van der Waals surface area contributed by atoms with Gasteiger partial charge in [0.15, 0.2) is 6.61 Å².